The van der Waals surface area contributed by atoms with Crippen molar-refractivity contribution in [2.45, 2.75) is 39.5 Å². The Morgan fingerprint density at radius 2 is 2.15 bits per heavy atom. The number of hydrogen-bond acceptors (Lipinski definition) is 5. The van der Waals surface area contributed by atoms with Gasteiger partial charge in [0.25, 0.3) is 5.91 Å². The van der Waals surface area contributed by atoms with E-state index >= 15 is 0 Å². The highest BCUT2D eigenvalue weighted by atomic mass is 16.5. The summed E-state index contributed by atoms with van der Waals surface area (Å²) in [6.07, 6.45) is 5.29. The van der Waals surface area contributed by atoms with Crippen LogP contribution in [0.2, 0.25) is 0 Å². The van der Waals surface area contributed by atoms with Gasteiger partial charge in [-0.25, -0.2) is 14.5 Å². The molecule has 1 atom stereocenters. The van der Waals surface area contributed by atoms with Crippen LogP contribution in [0.5, 0.6) is 0 Å². The first-order valence-corrected chi connectivity index (χ1v) is 9.41. The molecule has 7 heteroatoms. The predicted octanol–water partition coefficient (Wildman–Crippen LogP) is 2.81. The molecule has 1 unspecified atom stereocenters. The van der Waals surface area contributed by atoms with E-state index in [0.29, 0.717) is 17.3 Å². The van der Waals surface area contributed by atoms with E-state index in [2.05, 4.69) is 17.0 Å². The van der Waals surface area contributed by atoms with Crippen molar-refractivity contribution in [3.05, 3.63) is 41.9 Å². The number of rotatable bonds is 5. The minimum atomic E-state index is -0.528. The molecular formula is C20H26N4O3. The standard InChI is InChI=1S/C20H26N4O3/c1-14(2)19-16(11-22-24(19)17-8-4-5-9-21-17)20(26)27-13-18(25)23-10-6-7-15(3)12-23/h4-5,8-9,11,14-15H,6-7,10,12-13H2,1-3H3. The number of likely N-dealkylation sites (tertiary alicyclic amines) is 1. The zero-order valence-corrected chi connectivity index (χ0v) is 16.1. The summed E-state index contributed by atoms with van der Waals surface area (Å²) >= 11 is 0. The van der Waals surface area contributed by atoms with Crippen LogP contribution in [0.3, 0.4) is 0 Å². The van der Waals surface area contributed by atoms with Gasteiger partial charge >= 0.3 is 5.97 Å². The normalized spacial score (nSPS) is 17.2. The van der Waals surface area contributed by atoms with E-state index < -0.39 is 5.97 Å². The molecular weight excluding hydrogens is 344 g/mol. The highest BCUT2D eigenvalue weighted by Gasteiger charge is 2.25. The van der Waals surface area contributed by atoms with Crippen LogP contribution in [-0.4, -0.2) is 51.2 Å². The summed E-state index contributed by atoms with van der Waals surface area (Å²) in [7, 11) is 0. The van der Waals surface area contributed by atoms with Gasteiger partial charge in [0.1, 0.15) is 5.56 Å². The van der Waals surface area contributed by atoms with Gasteiger partial charge < -0.3 is 9.64 Å². The number of nitrogens with zero attached hydrogens (tertiary/aromatic N) is 4. The SMILES string of the molecule is CC1CCCN(C(=O)COC(=O)c2cnn(-c3ccccn3)c2C(C)C)C1. The van der Waals surface area contributed by atoms with Crippen molar-refractivity contribution in [2.75, 3.05) is 19.7 Å². The summed E-state index contributed by atoms with van der Waals surface area (Å²) in [4.78, 5) is 31.0. The second-order valence-electron chi connectivity index (χ2n) is 7.36. The van der Waals surface area contributed by atoms with Crippen LogP contribution in [0.25, 0.3) is 5.82 Å². The summed E-state index contributed by atoms with van der Waals surface area (Å²) in [5, 5.41) is 4.31. The summed E-state index contributed by atoms with van der Waals surface area (Å²) in [5.74, 6) is 0.495. The molecule has 1 fully saturated rings. The molecule has 144 valence electrons. The highest BCUT2D eigenvalue weighted by Crippen LogP contribution is 2.23. The van der Waals surface area contributed by atoms with Crippen molar-refractivity contribution in [3.8, 4) is 5.82 Å². The van der Waals surface area contributed by atoms with E-state index in [4.69, 9.17) is 4.74 Å². The van der Waals surface area contributed by atoms with Crippen LogP contribution in [0.4, 0.5) is 0 Å². The molecule has 2 aromatic heterocycles. The monoisotopic (exact) mass is 370 g/mol. The number of carbonyl (C=O) groups is 2. The number of hydrogen-bond donors (Lipinski definition) is 0. The zero-order valence-electron chi connectivity index (χ0n) is 16.1. The molecule has 1 amide bonds. The van der Waals surface area contributed by atoms with Crippen molar-refractivity contribution in [1.29, 1.82) is 0 Å². The van der Waals surface area contributed by atoms with E-state index in [1.165, 1.54) is 6.20 Å². The third-order valence-corrected chi connectivity index (χ3v) is 4.78. The minimum absolute atomic E-state index is 0.0377. The number of aromatic nitrogens is 3. The first-order chi connectivity index (χ1) is 13.0. The number of carbonyl (C=O) groups excluding carboxylic acids is 2. The van der Waals surface area contributed by atoms with E-state index in [1.54, 1.807) is 15.8 Å². The summed E-state index contributed by atoms with van der Waals surface area (Å²) < 4.78 is 6.96. The lowest BCUT2D eigenvalue weighted by Crippen LogP contribution is -2.41. The van der Waals surface area contributed by atoms with Crippen LogP contribution in [0.1, 0.15) is 55.6 Å². The molecule has 3 heterocycles. The molecule has 0 aliphatic carbocycles. The topological polar surface area (TPSA) is 77.3 Å². The number of piperidine rings is 1. The lowest BCUT2D eigenvalue weighted by Gasteiger charge is -2.30. The van der Waals surface area contributed by atoms with E-state index in [-0.39, 0.29) is 18.4 Å². The maximum absolute atomic E-state index is 12.6. The third-order valence-electron chi connectivity index (χ3n) is 4.78. The van der Waals surface area contributed by atoms with Crippen molar-refractivity contribution < 1.29 is 14.3 Å². The fraction of sp³-hybridized carbons (Fsp3) is 0.500. The fourth-order valence-corrected chi connectivity index (χ4v) is 3.44. The largest absolute Gasteiger partial charge is 0.452 e. The Morgan fingerprint density at radius 3 is 2.81 bits per heavy atom. The van der Waals surface area contributed by atoms with Crippen molar-refractivity contribution in [1.82, 2.24) is 19.7 Å². The van der Waals surface area contributed by atoms with Crippen LogP contribution in [0, 0.1) is 5.92 Å². The molecule has 3 rings (SSSR count). The summed E-state index contributed by atoms with van der Waals surface area (Å²) in [6.45, 7) is 7.31. The van der Waals surface area contributed by atoms with Crippen molar-refractivity contribution >= 4 is 11.9 Å². The zero-order chi connectivity index (χ0) is 19.4. The van der Waals surface area contributed by atoms with Gasteiger partial charge in [-0.05, 0) is 36.8 Å². The molecule has 0 spiro atoms. The Hall–Kier alpha value is -2.70. The highest BCUT2D eigenvalue weighted by molar-refractivity contribution is 5.92. The van der Waals surface area contributed by atoms with E-state index in [0.717, 1.165) is 31.6 Å². The average molecular weight is 370 g/mol. The van der Waals surface area contributed by atoms with Gasteiger partial charge in [0.15, 0.2) is 12.4 Å². The Balaban J connectivity index is 1.71. The predicted molar refractivity (Wildman–Crippen MR) is 101 cm³/mol. The van der Waals surface area contributed by atoms with Gasteiger partial charge in [0, 0.05) is 19.3 Å². The average Bonchev–Trinajstić information content (AvgIpc) is 3.12. The van der Waals surface area contributed by atoms with Gasteiger partial charge in [0.05, 0.1) is 11.9 Å². The summed E-state index contributed by atoms with van der Waals surface area (Å²) in [5.41, 5.74) is 1.09. The molecule has 7 nitrogen and oxygen atoms in total. The maximum atomic E-state index is 12.6. The number of amides is 1. The van der Waals surface area contributed by atoms with Crippen LogP contribution in [0.15, 0.2) is 30.6 Å². The first-order valence-electron chi connectivity index (χ1n) is 9.41. The van der Waals surface area contributed by atoms with Crippen LogP contribution >= 0.6 is 0 Å². The molecule has 1 aliphatic rings. The van der Waals surface area contributed by atoms with E-state index in [1.807, 2.05) is 32.0 Å². The quantitative estimate of drug-likeness (QED) is 0.757. The van der Waals surface area contributed by atoms with Crippen LogP contribution in [-0.2, 0) is 9.53 Å². The maximum Gasteiger partial charge on any atom is 0.342 e. The Kier molecular flexibility index (Phi) is 5.88. The van der Waals surface area contributed by atoms with Gasteiger partial charge in [-0.15, -0.1) is 0 Å². The second-order valence-corrected chi connectivity index (χ2v) is 7.36. The number of esters is 1. The van der Waals surface area contributed by atoms with Gasteiger partial charge in [-0.2, -0.15) is 5.10 Å². The molecule has 0 saturated carbocycles. The summed E-state index contributed by atoms with van der Waals surface area (Å²) in [6, 6.07) is 5.52. The molecule has 0 aromatic carbocycles. The lowest BCUT2D eigenvalue weighted by molar-refractivity contribution is -0.136. The first kappa shape index (κ1) is 19.1. The van der Waals surface area contributed by atoms with Crippen molar-refractivity contribution in [3.63, 3.8) is 0 Å². The molecule has 27 heavy (non-hydrogen) atoms. The van der Waals surface area contributed by atoms with Crippen molar-refractivity contribution in [2.24, 2.45) is 5.92 Å². The van der Waals surface area contributed by atoms with E-state index in [9.17, 15) is 9.59 Å². The second kappa shape index (κ2) is 8.33. The Labute approximate surface area is 159 Å². The van der Waals surface area contributed by atoms with Crippen LogP contribution < -0.4 is 0 Å². The van der Waals surface area contributed by atoms with Gasteiger partial charge in [-0.3, -0.25) is 4.79 Å². The Morgan fingerprint density at radius 1 is 1.33 bits per heavy atom. The number of pyridine rings is 1. The molecule has 0 bridgehead atoms. The molecule has 1 aliphatic heterocycles. The third kappa shape index (κ3) is 4.35. The molecule has 2 aromatic rings. The molecule has 1 saturated heterocycles. The minimum Gasteiger partial charge on any atom is -0.452 e. The smallest absolute Gasteiger partial charge is 0.342 e. The molecule has 0 N–H and O–H groups in total. The molecule has 0 radical (unpaired) electrons. The van der Waals surface area contributed by atoms with Gasteiger partial charge in [-0.1, -0.05) is 26.8 Å². The Bertz CT molecular complexity index is 801. The lowest BCUT2D eigenvalue weighted by atomic mass is 10.0. The van der Waals surface area contributed by atoms with Gasteiger partial charge in [0.2, 0.25) is 0 Å². The number of ether oxygens (including phenoxy) is 1. The fourth-order valence-electron chi connectivity index (χ4n) is 3.44.